The topological polar surface area (TPSA) is 74.8 Å². The molecule has 0 aliphatic heterocycles. The molecular weight excluding hydrogens is 455 g/mol. The Morgan fingerprint density at radius 2 is 1.74 bits per heavy atom. The van der Waals surface area contributed by atoms with Gasteiger partial charge >= 0.3 is 6.09 Å². The normalized spacial score (nSPS) is 15.8. The maximum atomic E-state index is 11.6. The van der Waals surface area contributed by atoms with Crippen molar-refractivity contribution in [2.24, 2.45) is 4.99 Å². The highest BCUT2D eigenvalue weighted by atomic mass is 127. The van der Waals surface area contributed by atoms with Crippen LogP contribution in [0.25, 0.3) is 0 Å². The molecule has 27 heavy (non-hydrogen) atoms. The lowest BCUT2D eigenvalue weighted by Gasteiger charge is -2.43. The van der Waals surface area contributed by atoms with Crippen LogP contribution >= 0.6 is 24.0 Å². The van der Waals surface area contributed by atoms with Crippen LogP contribution < -0.4 is 16.0 Å². The van der Waals surface area contributed by atoms with E-state index >= 15 is 0 Å². The Morgan fingerprint density at radius 3 is 2.26 bits per heavy atom. The van der Waals surface area contributed by atoms with E-state index in [1.54, 1.807) is 7.05 Å². The van der Waals surface area contributed by atoms with Crippen molar-refractivity contribution in [3.63, 3.8) is 0 Å². The second-order valence-corrected chi connectivity index (χ2v) is 7.78. The first-order valence-corrected chi connectivity index (χ1v) is 9.32. The molecule has 0 aromatic heterocycles. The van der Waals surface area contributed by atoms with Gasteiger partial charge in [-0.1, -0.05) is 36.8 Å². The molecule has 0 unspecified atom stereocenters. The fourth-order valence-electron chi connectivity index (χ4n) is 3.10. The first-order valence-electron chi connectivity index (χ1n) is 9.32. The van der Waals surface area contributed by atoms with Crippen LogP contribution in [0.2, 0.25) is 0 Å². The van der Waals surface area contributed by atoms with Crippen LogP contribution in [-0.4, -0.2) is 44.3 Å². The van der Waals surface area contributed by atoms with E-state index in [9.17, 15) is 4.79 Å². The minimum Gasteiger partial charge on any atom is -0.444 e. The van der Waals surface area contributed by atoms with E-state index in [-0.39, 0.29) is 29.4 Å². The number of carbonyl (C=O) groups is 1. The first-order chi connectivity index (χ1) is 12.3. The fourth-order valence-corrected chi connectivity index (χ4v) is 3.10. The van der Waals surface area contributed by atoms with Gasteiger partial charge in [0.15, 0.2) is 5.96 Å². The summed E-state index contributed by atoms with van der Waals surface area (Å²) in [5.74, 6) is 0.748. The van der Waals surface area contributed by atoms with Crippen LogP contribution in [0.5, 0.6) is 0 Å². The van der Waals surface area contributed by atoms with Crippen molar-refractivity contribution in [2.75, 3.05) is 26.7 Å². The van der Waals surface area contributed by atoms with Gasteiger partial charge in [0.25, 0.3) is 0 Å². The van der Waals surface area contributed by atoms with Crippen molar-refractivity contribution in [1.29, 1.82) is 0 Å². The summed E-state index contributed by atoms with van der Waals surface area (Å²) < 4.78 is 5.21. The lowest BCUT2D eigenvalue weighted by molar-refractivity contribution is 0.0529. The highest BCUT2D eigenvalue weighted by Crippen LogP contribution is 2.43. The molecule has 7 heteroatoms. The van der Waals surface area contributed by atoms with E-state index < -0.39 is 11.7 Å². The quantitative estimate of drug-likeness (QED) is 0.248. The maximum absolute atomic E-state index is 11.6. The number of halogens is 1. The lowest BCUT2D eigenvalue weighted by atomic mass is 9.64. The predicted octanol–water partition coefficient (Wildman–Crippen LogP) is 3.42. The molecule has 1 aromatic rings. The monoisotopic (exact) mass is 488 g/mol. The Balaban J connectivity index is 0.00000364. The van der Waals surface area contributed by atoms with Crippen molar-refractivity contribution in [3.8, 4) is 0 Å². The van der Waals surface area contributed by atoms with E-state index in [4.69, 9.17) is 4.74 Å². The highest BCUT2D eigenvalue weighted by Gasteiger charge is 2.38. The van der Waals surface area contributed by atoms with Gasteiger partial charge in [-0.3, -0.25) is 4.99 Å². The zero-order valence-corrected chi connectivity index (χ0v) is 19.1. The summed E-state index contributed by atoms with van der Waals surface area (Å²) in [6, 6.07) is 10.7. The molecule has 0 heterocycles. The number of rotatable bonds is 6. The van der Waals surface area contributed by atoms with Crippen LogP contribution in [0.1, 0.15) is 45.6 Å². The number of hydrogen-bond acceptors (Lipinski definition) is 3. The largest absolute Gasteiger partial charge is 0.444 e. The van der Waals surface area contributed by atoms with Crippen LogP contribution in [0.15, 0.2) is 35.3 Å². The van der Waals surface area contributed by atoms with E-state index in [0.717, 1.165) is 12.5 Å². The summed E-state index contributed by atoms with van der Waals surface area (Å²) in [5.41, 5.74) is 1.11. The Morgan fingerprint density at radius 1 is 1.11 bits per heavy atom. The SMILES string of the molecule is CN=C(NCCNC(=O)OC(C)(C)C)NCC1(c2ccccc2)CCC1.I. The molecule has 1 aliphatic carbocycles. The number of aliphatic imine (C=N–C) groups is 1. The van der Waals surface area contributed by atoms with Crippen molar-refractivity contribution in [1.82, 2.24) is 16.0 Å². The Kier molecular flexibility index (Phi) is 9.35. The summed E-state index contributed by atoms with van der Waals surface area (Å²) in [6.07, 6.45) is 3.25. The number of hydrogen-bond donors (Lipinski definition) is 3. The molecule has 0 atom stereocenters. The number of amides is 1. The number of benzene rings is 1. The van der Waals surface area contributed by atoms with Crippen molar-refractivity contribution < 1.29 is 9.53 Å². The molecule has 0 bridgehead atoms. The van der Waals surface area contributed by atoms with Gasteiger partial charge in [-0.25, -0.2) is 4.79 Å². The molecule has 152 valence electrons. The third-order valence-electron chi connectivity index (χ3n) is 4.60. The van der Waals surface area contributed by atoms with Gasteiger partial charge < -0.3 is 20.7 Å². The minimum absolute atomic E-state index is 0. The molecule has 1 amide bonds. The molecule has 1 aromatic carbocycles. The molecule has 0 radical (unpaired) electrons. The fraction of sp³-hybridized carbons (Fsp3) is 0.600. The van der Waals surface area contributed by atoms with Crippen LogP contribution in [0, 0.1) is 0 Å². The maximum Gasteiger partial charge on any atom is 0.407 e. The van der Waals surface area contributed by atoms with Gasteiger partial charge in [-0.15, -0.1) is 24.0 Å². The Labute approximate surface area is 179 Å². The number of guanidine groups is 1. The zero-order chi connectivity index (χ0) is 19.0. The van der Waals surface area contributed by atoms with Crippen LogP contribution in [0.4, 0.5) is 4.79 Å². The second-order valence-electron chi connectivity index (χ2n) is 7.78. The summed E-state index contributed by atoms with van der Waals surface area (Å²) in [4.78, 5) is 15.9. The number of ether oxygens (including phenoxy) is 1. The zero-order valence-electron chi connectivity index (χ0n) is 16.8. The standard InChI is InChI=1S/C20H32N4O2.HI/c1-19(2,3)26-18(25)23-14-13-22-17(21-4)24-15-20(11-8-12-20)16-9-6-5-7-10-16;/h5-7,9-10H,8,11-15H2,1-4H3,(H,23,25)(H2,21,22,24);1H. The van der Waals surface area contributed by atoms with Crippen molar-refractivity contribution in [3.05, 3.63) is 35.9 Å². The number of carbonyl (C=O) groups excluding carboxylic acids is 1. The number of alkyl carbamates (subject to hydrolysis) is 1. The molecule has 1 aliphatic rings. The predicted molar refractivity (Wildman–Crippen MR) is 121 cm³/mol. The third-order valence-corrected chi connectivity index (χ3v) is 4.60. The van der Waals surface area contributed by atoms with E-state index in [2.05, 4.69) is 51.3 Å². The molecule has 1 saturated carbocycles. The van der Waals surface area contributed by atoms with Crippen molar-refractivity contribution in [2.45, 2.75) is 51.0 Å². The van der Waals surface area contributed by atoms with Gasteiger partial charge in [0.2, 0.25) is 0 Å². The Hall–Kier alpha value is -1.51. The first kappa shape index (κ1) is 23.5. The Bertz CT molecular complexity index is 610. The molecule has 3 N–H and O–H groups in total. The van der Waals surface area contributed by atoms with E-state index in [0.29, 0.717) is 13.1 Å². The average molecular weight is 488 g/mol. The summed E-state index contributed by atoms with van der Waals surface area (Å²) in [6.45, 7) is 7.45. The number of nitrogens with zero attached hydrogens (tertiary/aromatic N) is 1. The van der Waals surface area contributed by atoms with Gasteiger partial charge in [-0.05, 0) is 39.2 Å². The smallest absolute Gasteiger partial charge is 0.407 e. The van der Waals surface area contributed by atoms with Gasteiger partial charge in [0.05, 0.1) is 0 Å². The summed E-state index contributed by atoms with van der Waals surface area (Å²) >= 11 is 0. The van der Waals surface area contributed by atoms with Crippen LogP contribution in [0.3, 0.4) is 0 Å². The van der Waals surface area contributed by atoms with Gasteiger partial charge in [-0.2, -0.15) is 0 Å². The minimum atomic E-state index is -0.483. The highest BCUT2D eigenvalue weighted by molar-refractivity contribution is 14.0. The third kappa shape index (κ3) is 7.56. The molecule has 6 nitrogen and oxygen atoms in total. The molecule has 1 fully saturated rings. The molecule has 0 saturated heterocycles. The molecular formula is C20H33IN4O2. The van der Waals surface area contributed by atoms with Gasteiger partial charge in [0, 0.05) is 32.1 Å². The van der Waals surface area contributed by atoms with Gasteiger partial charge in [0.1, 0.15) is 5.60 Å². The van der Waals surface area contributed by atoms with Crippen molar-refractivity contribution >= 4 is 36.0 Å². The average Bonchev–Trinajstić information content (AvgIpc) is 2.55. The summed E-state index contributed by atoms with van der Waals surface area (Å²) in [7, 11) is 1.76. The van der Waals surface area contributed by atoms with Crippen LogP contribution in [-0.2, 0) is 10.2 Å². The van der Waals surface area contributed by atoms with E-state index in [1.165, 1.54) is 24.8 Å². The molecule has 0 spiro atoms. The second kappa shape index (κ2) is 10.7. The molecule has 2 rings (SSSR count). The van der Waals surface area contributed by atoms with E-state index in [1.807, 2.05) is 20.8 Å². The lowest BCUT2D eigenvalue weighted by Crippen LogP contribution is -2.49. The number of nitrogens with one attached hydrogen (secondary N) is 3. The summed E-state index contributed by atoms with van der Waals surface area (Å²) in [5, 5.41) is 9.39.